The van der Waals surface area contributed by atoms with Gasteiger partial charge in [0.05, 0.1) is 25.9 Å². The molecule has 1 heterocycles. The van der Waals surface area contributed by atoms with Gasteiger partial charge in [-0.1, -0.05) is 0 Å². The molecule has 0 aliphatic heterocycles. The van der Waals surface area contributed by atoms with Gasteiger partial charge in [0.1, 0.15) is 12.4 Å². The maximum Gasteiger partial charge on any atom is 0.191 e. The van der Waals surface area contributed by atoms with Gasteiger partial charge < -0.3 is 20.1 Å². The van der Waals surface area contributed by atoms with Crippen LogP contribution in [0.1, 0.15) is 13.8 Å². The van der Waals surface area contributed by atoms with Crippen LogP contribution in [0, 0.1) is 0 Å². The van der Waals surface area contributed by atoms with Crippen molar-refractivity contribution in [1.29, 1.82) is 0 Å². The van der Waals surface area contributed by atoms with Crippen molar-refractivity contribution in [2.24, 2.45) is 4.99 Å². The SMILES string of the molecule is CCNC(=NCCOCC)NCCOc1cccnc1.I. The van der Waals surface area contributed by atoms with E-state index in [-0.39, 0.29) is 24.0 Å². The molecule has 0 amide bonds. The smallest absolute Gasteiger partial charge is 0.191 e. The summed E-state index contributed by atoms with van der Waals surface area (Å²) in [7, 11) is 0. The summed E-state index contributed by atoms with van der Waals surface area (Å²) in [6, 6.07) is 3.73. The van der Waals surface area contributed by atoms with Gasteiger partial charge in [0.25, 0.3) is 0 Å². The summed E-state index contributed by atoms with van der Waals surface area (Å²) >= 11 is 0. The molecular formula is C14H25IN4O2. The molecule has 1 rings (SSSR count). The van der Waals surface area contributed by atoms with E-state index in [9.17, 15) is 0 Å². The maximum absolute atomic E-state index is 5.55. The lowest BCUT2D eigenvalue weighted by Gasteiger charge is -2.11. The summed E-state index contributed by atoms with van der Waals surface area (Å²) in [5.41, 5.74) is 0. The van der Waals surface area contributed by atoms with E-state index in [1.807, 2.05) is 26.0 Å². The second kappa shape index (κ2) is 13.9. The van der Waals surface area contributed by atoms with Crippen LogP contribution in [0.2, 0.25) is 0 Å². The number of ether oxygens (including phenoxy) is 2. The highest BCUT2D eigenvalue weighted by Gasteiger charge is 1.97. The van der Waals surface area contributed by atoms with Crippen molar-refractivity contribution >= 4 is 29.9 Å². The van der Waals surface area contributed by atoms with E-state index < -0.39 is 0 Å². The first-order valence-corrected chi connectivity index (χ1v) is 6.99. The lowest BCUT2D eigenvalue weighted by molar-refractivity contribution is 0.155. The Kier molecular flexibility index (Phi) is 13.2. The molecule has 0 aromatic carbocycles. The first-order valence-electron chi connectivity index (χ1n) is 6.99. The van der Waals surface area contributed by atoms with Crippen LogP contribution in [0.3, 0.4) is 0 Å². The van der Waals surface area contributed by atoms with Crippen molar-refractivity contribution in [3.05, 3.63) is 24.5 Å². The summed E-state index contributed by atoms with van der Waals surface area (Å²) in [5, 5.41) is 6.38. The predicted molar refractivity (Wildman–Crippen MR) is 95.6 cm³/mol. The summed E-state index contributed by atoms with van der Waals surface area (Å²) < 4.78 is 10.8. The van der Waals surface area contributed by atoms with Crippen molar-refractivity contribution < 1.29 is 9.47 Å². The number of nitrogens with one attached hydrogen (secondary N) is 2. The van der Waals surface area contributed by atoms with Gasteiger partial charge in [-0.2, -0.15) is 0 Å². The van der Waals surface area contributed by atoms with Crippen LogP contribution in [0.4, 0.5) is 0 Å². The molecule has 120 valence electrons. The highest BCUT2D eigenvalue weighted by atomic mass is 127. The Hall–Kier alpha value is -1.09. The Bertz CT molecular complexity index is 376. The molecule has 0 bridgehead atoms. The molecule has 0 atom stereocenters. The third-order valence-corrected chi connectivity index (χ3v) is 2.35. The number of aliphatic imine (C=N–C) groups is 1. The Balaban J connectivity index is 0.00000400. The van der Waals surface area contributed by atoms with Gasteiger partial charge in [0.2, 0.25) is 0 Å². The molecule has 1 aromatic heterocycles. The minimum Gasteiger partial charge on any atom is -0.490 e. The first-order chi connectivity index (χ1) is 9.86. The third-order valence-electron chi connectivity index (χ3n) is 2.35. The zero-order chi connectivity index (χ0) is 14.5. The molecular weight excluding hydrogens is 383 g/mol. The molecule has 0 aliphatic carbocycles. The second-order valence-electron chi connectivity index (χ2n) is 3.92. The fraction of sp³-hybridized carbons (Fsp3) is 0.571. The van der Waals surface area contributed by atoms with Gasteiger partial charge in [-0.05, 0) is 26.0 Å². The molecule has 21 heavy (non-hydrogen) atoms. The molecule has 0 saturated heterocycles. The van der Waals surface area contributed by atoms with Crippen molar-refractivity contribution in [3.8, 4) is 5.75 Å². The fourth-order valence-electron chi connectivity index (χ4n) is 1.48. The van der Waals surface area contributed by atoms with E-state index in [0.717, 1.165) is 24.9 Å². The van der Waals surface area contributed by atoms with Crippen molar-refractivity contribution in [1.82, 2.24) is 15.6 Å². The van der Waals surface area contributed by atoms with E-state index >= 15 is 0 Å². The zero-order valence-electron chi connectivity index (χ0n) is 12.7. The quantitative estimate of drug-likeness (QED) is 0.282. The number of rotatable bonds is 9. The molecule has 0 unspecified atom stereocenters. The minimum atomic E-state index is 0. The Morgan fingerprint density at radius 2 is 2.14 bits per heavy atom. The van der Waals surface area contributed by atoms with Crippen molar-refractivity contribution in [2.75, 3.05) is 39.5 Å². The lowest BCUT2D eigenvalue weighted by Crippen LogP contribution is -2.39. The average Bonchev–Trinajstić information content (AvgIpc) is 2.49. The number of hydrogen-bond acceptors (Lipinski definition) is 4. The van der Waals surface area contributed by atoms with E-state index in [1.54, 1.807) is 12.4 Å². The summed E-state index contributed by atoms with van der Waals surface area (Å²) in [4.78, 5) is 8.39. The minimum absolute atomic E-state index is 0. The van der Waals surface area contributed by atoms with Crippen LogP contribution >= 0.6 is 24.0 Å². The van der Waals surface area contributed by atoms with Crippen LogP contribution < -0.4 is 15.4 Å². The highest BCUT2D eigenvalue weighted by molar-refractivity contribution is 14.0. The molecule has 0 saturated carbocycles. The summed E-state index contributed by atoms with van der Waals surface area (Å²) in [6.07, 6.45) is 3.42. The fourth-order valence-corrected chi connectivity index (χ4v) is 1.48. The molecule has 0 radical (unpaired) electrons. The maximum atomic E-state index is 5.55. The topological polar surface area (TPSA) is 67.8 Å². The molecule has 6 nitrogen and oxygen atoms in total. The Labute approximate surface area is 143 Å². The van der Waals surface area contributed by atoms with Gasteiger partial charge in [0, 0.05) is 19.3 Å². The van der Waals surface area contributed by atoms with Gasteiger partial charge in [0.15, 0.2) is 5.96 Å². The van der Waals surface area contributed by atoms with E-state index in [4.69, 9.17) is 9.47 Å². The lowest BCUT2D eigenvalue weighted by atomic mass is 10.5. The van der Waals surface area contributed by atoms with Crippen LogP contribution in [0.5, 0.6) is 5.75 Å². The Morgan fingerprint density at radius 1 is 1.29 bits per heavy atom. The number of guanidine groups is 1. The summed E-state index contributed by atoms with van der Waals surface area (Å²) in [5.74, 6) is 1.55. The molecule has 0 aliphatic rings. The molecule has 1 aromatic rings. The van der Waals surface area contributed by atoms with Gasteiger partial charge >= 0.3 is 0 Å². The molecule has 7 heteroatoms. The monoisotopic (exact) mass is 408 g/mol. The number of hydrogen-bond donors (Lipinski definition) is 2. The van der Waals surface area contributed by atoms with E-state index in [2.05, 4.69) is 20.6 Å². The number of nitrogens with zero attached hydrogens (tertiary/aromatic N) is 2. The standard InChI is InChI=1S/C14H24N4O2.HI/c1-3-16-14(17-8-10-19-4-2)18-9-11-20-13-6-5-7-15-12-13;/h5-7,12H,3-4,8-11H2,1-2H3,(H2,16,17,18);1H. The number of pyridine rings is 1. The zero-order valence-corrected chi connectivity index (χ0v) is 15.0. The van der Waals surface area contributed by atoms with Gasteiger partial charge in [-0.3, -0.25) is 9.98 Å². The number of aromatic nitrogens is 1. The summed E-state index contributed by atoms with van der Waals surface area (Å²) in [6.45, 7) is 8.07. The van der Waals surface area contributed by atoms with E-state index in [0.29, 0.717) is 26.3 Å². The Morgan fingerprint density at radius 3 is 2.81 bits per heavy atom. The van der Waals surface area contributed by atoms with Crippen molar-refractivity contribution in [3.63, 3.8) is 0 Å². The predicted octanol–water partition coefficient (Wildman–Crippen LogP) is 1.67. The van der Waals surface area contributed by atoms with E-state index in [1.165, 1.54) is 0 Å². The number of halogens is 1. The largest absolute Gasteiger partial charge is 0.490 e. The second-order valence-corrected chi connectivity index (χ2v) is 3.92. The van der Waals surface area contributed by atoms with Crippen LogP contribution in [0.15, 0.2) is 29.5 Å². The highest BCUT2D eigenvalue weighted by Crippen LogP contribution is 2.04. The van der Waals surface area contributed by atoms with Gasteiger partial charge in [-0.15, -0.1) is 24.0 Å². The normalized spacial score (nSPS) is 10.7. The van der Waals surface area contributed by atoms with Gasteiger partial charge in [-0.25, -0.2) is 0 Å². The van der Waals surface area contributed by atoms with Crippen LogP contribution in [-0.4, -0.2) is 50.4 Å². The van der Waals surface area contributed by atoms with Crippen LogP contribution in [-0.2, 0) is 4.74 Å². The van der Waals surface area contributed by atoms with Crippen molar-refractivity contribution in [2.45, 2.75) is 13.8 Å². The molecule has 0 fully saturated rings. The molecule has 2 N–H and O–H groups in total. The molecule has 0 spiro atoms. The van der Waals surface area contributed by atoms with Crippen LogP contribution in [0.25, 0.3) is 0 Å². The third kappa shape index (κ3) is 10.3. The first kappa shape index (κ1) is 19.9. The average molecular weight is 408 g/mol.